The molecule has 0 saturated carbocycles. The van der Waals surface area contributed by atoms with Crippen molar-refractivity contribution in [3.8, 4) is 5.75 Å². The van der Waals surface area contributed by atoms with Gasteiger partial charge in [0.15, 0.2) is 0 Å². The van der Waals surface area contributed by atoms with Crippen LogP contribution in [-0.2, 0) is 11.8 Å². The Labute approximate surface area is 159 Å². The molecule has 26 heavy (non-hydrogen) atoms. The molecule has 3 N–H and O–H groups in total. The lowest BCUT2D eigenvalue weighted by Crippen LogP contribution is -2.46. The molecule has 1 aromatic carbocycles. The van der Waals surface area contributed by atoms with Crippen LogP contribution < -0.4 is 20.9 Å². The minimum absolute atomic E-state index is 0.295. The van der Waals surface area contributed by atoms with Crippen molar-refractivity contribution in [1.82, 2.24) is 20.7 Å². The number of benzene rings is 1. The molecule has 0 bridgehead atoms. The zero-order chi connectivity index (χ0) is 19.1. The van der Waals surface area contributed by atoms with Gasteiger partial charge in [-0.25, -0.2) is 0 Å². The number of hydrogen-bond acceptors (Lipinski definition) is 4. The highest BCUT2D eigenvalue weighted by Crippen LogP contribution is 2.17. The maximum absolute atomic E-state index is 12.2. The third-order valence-corrected chi connectivity index (χ3v) is 3.79. The van der Waals surface area contributed by atoms with Crippen LogP contribution in [0.3, 0.4) is 0 Å². The number of ether oxygens (including phenoxy) is 1. The van der Waals surface area contributed by atoms with Gasteiger partial charge in [-0.1, -0.05) is 12.1 Å². The Balaban J connectivity index is 1.84. The molecule has 0 radical (unpaired) electrons. The zero-order valence-corrected chi connectivity index (χ0v) is 15.9. The van der Waals surface area contributed by atoms with E-state index in [1.807, 2.05) is 6.92 Å². The zero-order valence-electron chi connectivity index (χ0n) is 14.3. The van der Waals surface area contributed by atoms with E-state index in [2.05, 4.69) is 32.1 Å². The first-order chi connectivity index (χ1) is 12.4. The van der Waals surface area contributed by atoms with Crippen LogP contribution in [0.4, 0.5) is 0 Å². The van der Waals surface area contributed by atoms with Crippen LogP contribution >= 0.6 is 15.9 Å². The summed E-state index contributed by atoms with van der Waals surface area (Å²) in [6.07, 6.45) is 1.72. The van der Waals surface area contributed by atoms with Gasteiger partial charge in [0.2, 0.25) is 0 Å². The molecule has 1 heterocycles. The maximum Gasteiger partial charge on any atom is 0.286 e. The number of hydrazine groups is 1. The Hall–Kier alpha value is -2.81. The molecule has 0 aliphatic heterocycles. The normalized spacial score (nSPS) is 10.1. The van der Waals surface area contributed by atoms with Gasteiger partial charge in [0.25, 0.3) is 17.7 Å². The van der Waals surface area contributed by atoms with Crippen LogP contribution in [0.5, 0.6) is 5.75 Å². The summed E-state index contributed by atoms with van der Waals surface area (Å²) in [6.45, 7) is 1.94. The number of carbonyl (C=O) groups excluding carboxylic acids is 3. The average molecular weight is 423 g/mol. The van der Waals surface area contributed by atoms with E-state index < -0.39 is 17.7 Å². The second kappa shape index (κ2) is 9.04. The lowest BCUT2D eigenvalue weighted by atomic mass is 10.2. The number of para-hydroxylation sites is 1. The predicted molar refractivity (Wildman–Crippen MR) is 98.7 cm³/mol. The number of hydrogen-bond donors (Lipinski definition) is 3. The van der Waals surface area contributed by atoms with Crippen molar-refractivity contribution in [2.75, 3.05) is 13.2 Å². The molecule has 0 spiro atoms. The Bertz CT molecular complexity index is 819. The van der Waals surface area contributed by atoms with Crippen molar-refractivity contribution < 1.29 is 19.1 Å². The number of aryl methyl sites for hydroxylation is 1. The third-order valence-electron chi connectivity index (χ3n) is 3.36. The average Bonchev–Trinajstić information content (AvgIpc) is 2.96. The molecule has 0 aliphatic rings. The second-order valence-electron chi connectivity index (χ2n) is 5.27. The summed E-state index contributed by atoms with van der Waals surface area (Å²) in [4.78, 5) is 36.0. The summed E-state index contributed by atoms with van der Waals surface area (Å²) in [5, 5.41) is 2.48. The van der Waals surface area contributed by atoms with E-state index in [9.17, 15) is 14.4 Å². The predicted octanol–water partition coefficient (Wildman–Crippen LogP) is 1.38. The van der Waals surface area contributed by atoms with Gasteiger partial charge in [-0.15, -0.1) is 0 Å². The lowest BCUT2D eigenvalue weighted by molar-refractivity contribution is -0.120. The van der Waals surface area contributed by atoms with Crippen molar-refractivity contribution in [2.24, 2.45) is 7.05 Å². The lowest BCUT2D eigenvalue weighted by Gasteiger charge is -2.11. The van der Waals surface area contributed by atoms with Crippen molar-refractivity contribution in [1.29, 1.82) is 0 Å². The van der Waals surface area contributed by atoms with E-state index >= 15 is 0 Å². The Morgan fingerprint density at radius 3 is 2.54 bits per heavy atom. The van der Waals surface area contributed by atoms with Gasteiger partial charge in [-0.3, -0.25) is 25.2 Å². The number of halogens is 1. The van der Waals surface area contributed by atoms with Crippen molar-refractivity contribution in [3.63, 3.8) is 0 Å². The molecule has 2 aromatic rings. The van der Waals surface area contributed by atoms with Gasteiger partial charge >= 0.3 is 0 Å². The first kappa shape index (κ1) is 19.5. The highest BCUT2D eigenvalue weighted by molar-refractivity contribution is 9.10. The van der Waals surface area contributed by atoms with E-state index in [1.54, 1.807) is 48.1 Å². The molecule has 0 unspecified atom stereocenters. The third kappa shape index (κ3) is 5.09. The molecule has 138 valence electrons. The van der Waals surface area contributed by atoms with Gasteiger partial charge in [0.1, 0.15) is 11.4 Å². The Morgan fingerprint density at radius 2 is 1.88 bits per heavy atom. The summed E-state index contributed by atoms with van der Waals surface area (Å²) in [6, 6.07) is 8.36. The van der Waals surface area contributed by atoms with Gasteiger partial charge in [-0.05, 0) is 41.1 Å². The summed E-state index contributed by atoms with van der Waals surface area (Å²) < 4.78 is 7.74. The topological polar surface area (TPSA) is 101 Å². The largest absolute Gasteiger partial charge is 0.493 e. The molecular weight excluding hydrogens is 404 g/mol. The molecule has 0 saturated heterocycles. The Morgan fingerprint density at radius 1 is 1.15 bits per heavy atom. The van der Waals surface area contributed by atoms with Crippen LogP contribution in [0.15, 0.2) is 41.0 Å². The van der Waals surface area contributed by atoms with Crippen LogP contribution in [-0.4, -0.2) is 35.4 Å². The summed E-state index contributed by atoms with van der Waals surface area (Å²) in [7, 11) is 1.71. The van der Waals surface area contributed by atoms with E-state index in [0.717, 1.165) is 4.47 Å². The van der Waals surface area contributed by atoms with Gasteiger partial charge in [-0.2, -0.15) is 0 Å². The fourth-order valence-electron chi connectivity index (χ4n) is 2.18. The van der Waals surface area contributed by atoms with Crippen LogP contribution in [0.1, 0.15) is 27.8 Å². The number of carbonyl (C=O) groups is 3. The number of rotatable bonds is 6. The van der Waals surface area contributed by atoms with Gasteiger partial charge in [0, 0.05) is 17.7 Å². The van der Waals surface area contributed by atoms with Crippen LogP contribution in [0.2, 0.25) is 0 Å². The van der Waals surface area contributed by atoms with Crippen LogP contribution in [0.25, 0.3) is 0 Å². The monoisotopic (exact) mass is 422 g/mol. The fourth-order valence-corrected chi connectivity index (χ4v) is 2.70. The molecule has 0 atom stereocenters. The number of nitrogens with zero attached hydrogens (tertiary/aromatic N) is 1. The van der Waals surface area contributed by atoms with E-state index in [1.165, 1.54) is 0 Å². The van der Waals surface area contributed by atoms with Crippen molar-refractivity contribution in [2.45, 2.75) is 6.92 Å². The molecule has 9 heteroatoms. The minimum atomic E-state index is -0.561. The quantitative estimate of drug-likeness (QED) is 0.611. The summed E-state index contributed by atoms with van der Waals surface area (Å²) in [5.74, 6) is -1.04. The number of amides is 3. The molecule has 2 rings (SSSR count). The SMILES string of the molecule is CCOc1ccccc1C(=O)NCC(=O)NNC(=O)c1cc(Br)cn1C. The highest BCUT2D eigenvalue weighted by Gasteiger charge is 2.14. The number of nitrogens with one attached hydrogen (secondary N) is 3. The highest BCUT2D eigenvalue weighted by atomic mass is 79.9. The molecule has 8 nitrogen and oxygen atoms in total. The van der Waals surface area contributed by atoms with Crippen LogP contribution in [0, 0.1) is 0 Å². The molecular formula is C17H19BrN4O4. The minimum Gasteiger partial charge on any atom is -0.493 e. The van der Waals surface area contributed by atoms with E-state index in [4.69, 9.17) is 4.74 Å². The fraction of sp³-hybridized carbons (Fsp3) is 0.235. The molecule has 0 aliphatic carbocycles. The summed E-state index contributed by atoms with van der Waals surface area (Å²) >= 11 is 3.27. The van der Waals surface area contributed by atoms with Crippen molar-refractivity contribution >= 4 is 33.7 Å². The molecule has 1 aromatic heterocycles. The first-order valence-electron chi connectivity index (χ1n) is 7.83. The first-order valence-corrected chi connectivity index (χ1v) is 8.62. The van der Waals surface area contributed by atoms with Gasteiger partial charge in [0.05, 0.1) is 18.7 Å². The maximum atomic E-state index is 12.2. The second-order valence-corrected chi connectivity index (χ2v) is 6.18. The smallest absolute Gasteiger partial charge is 0.286 e. The molecule has 0 fully saturated rings. The van der Waals surface area contributed by atoms with E-state index in [-0.39, 0.29) is 6.54 Å². The number of aromatic nitrogens is 1. The standard InChI is InChI=1S/C17H19BrN4O4/c1-3-26-14-7-5-4-6-12(14)16(24)19-9-15(23)20-21-17(25)13-8-11(18)10-22(13)2/h4-8,10H,3,9H2,1-2H3,(H,19,24)(H,20,23)(H,21,25). The van der Waals surface area contributed by atoms with Crippen molar-refractivity contribution in [3.05, 3.63) is 52.3 Å². The molecule has 3 amide bonds. The van der Waals surface area contributed by atoms with Gasteiger partial charge < -0.3 is 14.6 Å². The van der Waals surface area contributed by atoms with E-state index in [0.29, 0.717) is 23.6 Å². The summed E-state index contributed by atoms with van der Waals surface area (Å²) in [5.41, 5.74) is 5.24. The Kier molecular flexibility index (Phi) is 6.79.